The fourth-order valence-corrected chi connectivity index (χ4v) is 2.95. The number of amides is 1. The lowest BCUT2D eigenvalue weighted by molar-refractivity contribution is -0.146. The molecular weight excluding hydrogens is 246 g/mol. The number of hydrogen-bond acceptors (Lipinski definition) is 3. The molecule has 1 aliphatic carbocycles. The van der Waals surface area contributed by atoms with Crippen LogP contribution >= 0.6 is 0 Å². The van der Waals surface area contributed by atoms with Crippen LogP contribution in [0.3, 0.4) is 0 Å². The molecule has 2 heterocycles. The standard InChI is InChI=1S/C14H17NO4/c16-12-5-1-3-10(14(17)18)13(11-4-2-8-19-11)15(12)9-6-7-9/h2,4,8-10,13H,1,3,5-7H2,(H,17,18). The zero-order chi connectivity index (χ0) is 13.4. The minimum Gasteiger partial charge on any atom is -0.481 e. The monoisotopic (exact) mass is 263 g/mol. The Bertz CT molecular complexity index is 478. The van der Waals surface area contributed by atoms with Gasteiger partial charge in [-0.25, -0.2) is 0 Å². The summed E-state index contributed by atoms with van der Waals surface area (Å²) in [6.07, 6.45) is 5.07. The molecule has 0 spiro atoms. The predicted octanol–water partition coefficient (Wildman–Crippen LogP) is 2.20. The Hall–Kier alpha value is -1.78. The molecule has 1 aliphatic heterocycles. The molecule has 1 amide bonds. The molecule has 5 nitrogen and oxygen atoms in total. The van der Waals surface area contributed by atoms with Gasteiger partial charge >= 0.3 is 5.97 Å². The highest BCUT2D eigenvalue weighted by Gasteiger charge is 2.46. The number of nitrogens with zero attached hydrogens (tertiary/aromatic N) is 1. The van der Waals surface area contributed by atoms with Crippen LogP contribution in [-0.2, 0) is 9.59 Å². The Morgan fingerprint density at radius 1 is 1.37 bits per heavy atom. The summed E-state index contributed by atoms with van der Waals surface area (Å²) in [4.78, 5) is 25.6. The minimum atomic E-state index is -0.846. The van der Waals surface area contributed by atoms with Gasteiger partial charge in [0.2, 0.25) is 5.91 Å². The average Bonchev–Trinajstić information content (AvgIpc) is 3.09. The first kappa shape index (κ1) is 12.3. The Morgan fingerprint density at radius 3 is 2.74 bits per heavy atom. The quantitative estimate of drug-likeness (QED) is 0.907. The molecular formula is C14H17NO4. The van der Waals surface area contributed by atoms with E-state index in [4.69, 9.17) is 4.42 Å². The summed E-state index contributed by atoms with van der Waals surface area (Å²) in [7, 11) is 0. The fourth-order valence-electron chi connectivity index (χ4n) is 2.95. The molecule has 0 bridgehead atoms. The molecule has 102 valence electrons. The average molecular weight is 263 g/mol. The summed E-state index contributed by atoms with van der Waals surface area (Å²) >= 11 is 0. The Labute approximate surface area is 111 Å². The van der Waals surface area contributed by atoms with E-state index in [2.05, 4.69) is 0 Å². The predicted molar refractivity (Wildman–Crippen MR) is 66.3 cm³/mol. The third-order valence-electron chi connectivity index (χ3n) is 3.97. The van der Waals surface area contributed by atoms with E-state index in [0.29, 0.717) is 25.0 Å². The van der Waals surface area contributed by atoms with E-state index in [-0.39, 0.29) is 11.9 Å². The van der Waals surface area contributed by atoms with Crippen LogP contribution in [0.25, 0.3) is 0 Å². The maximum absolute atomic E-state index is 12.3. The van der Waals surface area contributed by atoms with Crippen LogP contribution in [-0.4, -0.2) is 27.9 Å². The van der Waals surface area contributed by atoms with E-state index < -0.39 is 17.9 Å². The lowest BCUT2D eigenvalue weighted by atomic mass is 9.93. The second kappa shape index (κ2) is 4.72. The first-order valence-corrected chi connectivity index (χ1v) is 6.76. The van der Waals surface area contributed by atoms with Crippen LogP contribution in [0.1, 0.15) is 43.9 Å². The van der Waals surface area contributed by atoms with Crippen molar-refractivity contribution in [3.05, 3.63) is 24.2 Å². The van der Waals surface area contributed by atoms with Crippen molar-refractivity contribution in [1.82, 2.24) is 4.90 Å². The molecule has 1 aromatic rings. The number of aliphatic carboxylic acids is 1. The van der Waals surface area contributed by atoms with Crippen molar-refractivity contribution in [3.8, 4) is 0 Å². The highest BCUT2D eigenvalue weighted by atomic mass is 16.4. The summed E-state index contributed by atoms with van der Waals surface area (Å²) < 4.78 is 5.41. The fraction of sp³-hybridized carbons (Fsp3) is 0.571. The van der Waals surface area contributed by atoms with Crippen molar-refractivity contribution < 1.29 is 19.1 Å². The van der Waals surface area contributed by atoms with Crippen molar-refractivity contribution >= 4 is 11.9 Å². The molecule has 1 saturated carbocycles. The second-order valence-corrected chi connectivity index (χ2v) is 5.33. The highest BCUT2D eigenvalue weighted by molar-refractivity contribution is 5.80. The Kier molecular flexibility index (Phi) is 3.05. The maximum atomic E-state index is 12.3. The number of rotatable bonds is 3. The lowest BCUT2D eigenvalue weighted by Crippen LogP contribution is -2.40. The van der Waals surface area contributed by atoms with E-state index in [1.807, 2.05) is 0 Å². The molecule has 2 aliphatic rings. The van der Waals surface area contributed by atoms with Gasteiger partial charge in [-0.05, 0) is 37.8 Å². The van der Waals surface area contributed by atoms with Gasteiger partial charge in [0.05, 0.1) is 12.2 Å². The van der Waals surface area contributed by atoms with Gasteiger partial charge in [0, 0.05) is 12.5 Å². The van der Waals surface area contributed by atoms with E-state index in [1.54, 1.807) is 17.0 Å². The highest BCUT2D eigenvalue weighted by Crippen LogP contribution is 2.42. The molecule has 1 N–H and O–H groups in total. The van der Waals surface area contributed by atoms with E-state index in [0.717, 1.165) is 12.8 Å². The number of carbonyl (C=O) groups is 2. The van der Waals surface area contributed by atoms with Crippen molar-refractivity contribution in [2.75, 3.05) is 0 Å². The van der Waals surface area contributed by atoms with Gasteiger partial charge in [-0.3, -0.25) is 9.59 Å². The summed E-state index contributed by atoms with van der Waals surface area (Å²) in [6, 6.07) is 3.26. The summed E-state index contributed by atoms with van der Waals surface area (Å²) in [6.45, 7) is 0. The molecule has 19 heavy (non-hydrogen) atoms. The first-order valence-electron chi connectivity index (χ1n) is 6.76. The van der Waals surface area contributed by atoms with Gasteiger partial charge in [-0.2, -0.15) is 0 Å². The number of carboxylic acids is 1. The van der Waals surface area contributed by atoms with Crippen LogP contribution in [0.2, 0.25) is 0 Å². The number of carbonyl (C=O) groups excluding carboxylic acids is 1. The van der Waals surface area contributed by atoms with Crippen LogP contribution in [0.4, 0.5) is 0 Å². The van der Waals surface area contributed by atoms with Crippen LogP contribution < -0.4 is 0 Å². The Balaban J connectivity index is 2.01. The van der Waals surface area contributed by atoms with Gasteiger partial charge < -0.3 is 14.4 Å². The molecule has 2 fully saturated rings. The molecule has 2 unspecified atom stereocenters. The number of furan rings is 1. The topological polar surface area (TPSA) is 70.8 Å². The normalized spacial score (nSPS) is 28.2. The third kappa shape index (κ3) is 2.25. The SMILES string of the molecule is O=C(O)C1CCCC(=O)N(C2CC2)C1c1ccco1. The van der Waals surface area contributed by atoms with Gasteiger partial charge in [-0.1, -0.05) is 0 Å². The van der Waals surface area contributed by atoms with Crippen molar-refractivity contribution in [3.63, 3.8) is 0 Å². The minimum absolute atomic E-state index is 0.0626. The van der Waals surface area contributed by atoms with Crippen molar-refractivity contribution in [2.24, 2.45) is 5.92 Å². The largest absolute Gasteiger partial charge is 0.481 e. The van der Waals surface area contributed by atoms with Gasteiger partial charge in [0.15, 0.2) is 0 Å². The van der Waals surface area contributed by atoms with Crippen molar-refractivity contribution in [2.45, 2.75) is 44.2 Å². The van der Waals surface area contributed by atoms with Crippen LogP contribution in [0.15, 0.2) is 22.8 Å². The van der Waals surface area contributed by atoms with Crippen molar-refractivity contribution in [1.29, 1.82) is 0 Å². The van der Waals surface area contributed by atoms with Gasteiger partial charge in [0.1, 0.15) is 11.8 Å². The smallest absolute Gasteiger partial charge is 0.309 e. The Morgan fingerprint density at radius 2 is 2.16 bits per heavy atom. The zero-order valence-electron chi connectivity index (χ0n) is 10.6. The summed E-state index contributed by atoms with van der Waals surface area (Å²) in [5, 5.41) is 9.46. The second-order valence-electron chi connectivity index (χ2n) is 5.33. The third-order valence-corrected chi connectivity index (χ3v) is 3.97. The summed E-state index contributed by atoms with van der Waals surface area (Å²) in [5.41, 5.74) is 0. The van der Waals surface area contributed by atoms with E-state index in [1.165, 1.54) is 6.26 Å². The van der Waals surface area contributed by atoms with E-state index in [9.17, 15) is 14.7 Å². The molecule has 0 radical (unpaired) electrons. The molecule has 1 aromatic heterocycles. The van der Waals surface area contributed by atoms with Gasteiger partial charge in [-0.15, -0.1) is 0 Å². The maximum Gasteiger partial charge on any atom is 0.309 e. The zero-order valence-corrected chi connectivity index (χ0v) is 10.6. The number of carboxylic acid groups (broad SMARTS) is 1. The molecule has 1 saturated heterocycles. The summed E-state index contributed by atoms with van der Waals surface area (Å²) in [5.74, 6) is -0.762. The molecule has 5 heteroatoms. The van der Waals surface area contributed by atoms with E-state index >= 15 is 0 Å². The number of hydrogen-bond donors (Lipinski definition) is 1. The first-order chi connectivity index (χ1) is 9.18. The number of likely N-dealkylation sites (tertiary alicyclic amines) is 1. The molecule has 0 aromatic carbocycles. The van der Waals surface area contributed by atoms with Crippen LogP contribution in [0.5, 0.6) is 0 Å². The molecule has 2 atom stereocenters. The van der Waals surface area contributed by atoms with Crippen LogP contribution in [0, 0.1) is 5.92 Å². The molecule has 3 rings (SSSR count). The lowest BCUT2D eigenvalue weighted by Gasteiger charge is -2.32. The van der Waals surface area contributed by atoms with Gasteiger partial charge in [0.25, 0.3) is 0 Å².